The quantitative estimate of drug-likeness (QED) is 0.522. The molecule has 1 unspecified atom stereocenters. The fourth-order valence-electron chi connectivity index (χ4n) is 2.73. The second-order valence-corrected chi connectivity index (χ2v) is 8.14. The molecule has 1 amide bonds. The van der Waals surface area contributed by atoms with Crippen molar-refractivity contribution in [1.29, 1.82) is 0 Å². The molecule has 8 heteroatoms. The van der Waals surface area contributed by atoms with E-state index in [4.69, 9.17) is 4.74 Å². The maximum atomic E-state index is 12.4. The average molecular weight is 426 g/mol. The molecule has 3 aromatic rings. The van der Waals surface area contributed by atoms with Crippen LogP contribution in [0.5, 0.6) is 5.75 Å². The highest BCUT2D eigenvalue weighted by Gasteiger charge is 2.18. The molecule has 7 nitrogen and oxygen atoms in total. The summed E-state index contributed by atoms with van der Waals surface area (Å²) in [4.78, 5) is 16.4. The van der Waals surface area contributed by atoms with Gasteiger partial charge in [-0.15, -0.1) is 10.2 Å². The van der Waals surface area contributed by atoms with Gasteiger partial charge in [0, 0.05) is 29.7 Å². The number of amides is 1. The Kier molecular flexibility index (Phi) is 7.46. The Hall–Kier alpha value is -2.87. The maximum absolute atomic E-state index is 12.4. The summed E-state index contributed by atoms with van der Waals surface area (Å²) in [5.41, 5.74) is 1.80. The number of carbonyl (C=O) groups is 1. The second-order valence-electron chi connectivity index (χ2n) is 7.19. The van der Waals surface area contributed by atoms with Crippen molar-refractivity contribution in [2.24, 2.45) is 5.92 Å². The number of thioether (sulfide) groups is 1. The summed E-state index contributed by atoms with van der Waals surface area (Å²) < 4.78 is 7.50. The lowest BCUT2D eigenvalue weighted by molar-refractivity contribution is -0.119. The number of rotatable bonds is 9. The molecular weight excluding hydrogens is 398 g/mol. The summed E-state index contributed by atoms with van der Waals surface area (Å²) in [5.74, 6) is 2.12. The van der Waals surface area contributed by atoms with Gasteiger partial charge in [-0.05, 0) is 56.2 Å². The number of aromatic nitrogens is 4. The van der Waals surface area contributed by atoms with E-state index >= 15 is 0 Å². The van der Waals surface area contributed by atoms with Gasteiger partial charge in [-0.3, -0.25) is 14.3 Å². The molecule has 1 N–H and O–H groups in total. The minimum absolute atomic E-state index is 0.0205. The van der Waals surface area contributed by atoms with E-state index in [0.29, 0.717) is 23.5 Å². The lowest BCUT2D eigenvalue weighted by atomic mass is 10.1. The van der Waals surface area contributed by atoms with Crippen LogP contribution in [-0.2, 0) is 4.79 Å². The summed E-state index contributed by atoms with van der Waals surface area (Å²) >= 11 is 1.36. The third-order valence-electron chi connectivity index (χ3n) is 4.70. The second kappa shape index (κ2) is 10.2. The minimum atomic E-state index is -0.0205. The van der Waals surface area contributed by atoms with Crippen molar-refractivity contribution in [3.63, 3.8) is 0 Å². The zero-order valence-electron chi connectivity index (χ0n) is 17.7. The zero-order chi connectivity index (χ0) is 21.5. The predicted molar refractivity (Wildman–Crippen MR) is 119 cm³/mol. The summed E-state index contributed by atoms with van der Waals surface area (Å²) in [6.07, 6.45) is 3.44. The molecule has 0 fully saturated rings. The van der Waals surface area contributed by atoms with Crippen LogP contribution >= 0.6 is 11.8 Å². The van der Waals surface area contributed by atoms with Crippen molar-refractivity contribution in [2.75, 3.05) is 12.4 Å². The van der Waals surface area contributed by atoms with Crippen LogP contribution in [0.15, 0.2) is 53.9 Å². The third-order valence-corrected chi connectivity index (χ3v) is 5.63. The average Bonchev–Trinajstić information content (AvgIpc) is 3.17. The maximum Gasteiger partial charge on any atom is 0.230 e. The van der Waals surface area contributed by atoms with Gasteiger partial charge < -0.3 is 10.1 Å². The van der Waals surface area contributed by atoms with Gasteiger partial charge in [0.1, 0.15) is 5.75 Å². The topological polar surface area (TPSA) is 81.9 Å². The highest BCUT2D eigenvalue weighted by atomic mass is 32.2. The van der Waals surface area contributed by atoms with Crippen molar-refractivity contribution in [1.82, 2.24) is 25.1 Å². The summed E-state index contributed by atoms with van der Waals surface area (Å²) in [7, 11) is 0. The van der Waals surface area contributed by atoms with Gasteiger partial charge in [-0.2, -0.15) is 0 Å². The molecule has 0 aliphatic heterocycles. The Labute approximate surface area is 181 Å². The number of carbonyl (C=O) groups excluding carboxylic acids is 1. The van der Waals surface area contributed by atoms with Gasteiger partial charge in [0.25, 0.3) is 0 Å². The number of nitrogens with one attached hydrogen (secondary N) is 1. The number of pyridine rings is 1. The molecule has 0 radical (unpaired) electrons. The number of hydrogen-bond donors (Lipinski definition) is 1. The zero-order valence-corrected chi connectivity index (χ0v) is 18.5. The molecule has 2 aromatic heterocycles. The van der Waals surface area contributed by atoms with Crippen LogP contribution in [-0.4, -0.2) is 44.1 Å². The summed E-state index contributed by atoms with van der Waals surface area (Å²) in [5, 5.41) is 12.4. The van der Waals surface area contributed by atoms with Crippen molar-refractivity contribution >= 4 is 17.7 Å². The molecule has 1 atom stereocenters. The molecule has 0 saturated carbocycles. The Balaban J connectivity index is 1.88. The number of nitrogens with zero attached hydrogens (tertiary/aromatic N) is 4. The molecule has 1 aromatic carbocycles. The van der Waals surface area contributed by atoms with E-state index < -0.39 is 0 Å². The third kappa shape index (κ3) is 5.38. The molecular formula is C22H27N5O2S. The lowest BCUT2D eigenvalue weighted by Crippen LogP contribution is -2.37. The van der Waals surface area contributed by atoms with E-state index in [1.165, 1.54) is 11.8 Å². The first-order valence-corrected chi connectivity index (χ1v) is 11.0. The first-order chi connectivity index (χ1) is 14.5. The van der Waals surface area contributed by atoms with Crippen LogP contribution < -0.4 is 10.1 Å². The molecule has 0 aliphatic carbocycles. The van der Waals surface area contributed by atoms with Gasteiger partial charge in [0.05, 0.1) is 12.4 Å². The first kappa shape index (κ1) is 21.8. The monoisotopic (exact) mass is 425 g/mol. The molecule has 0 bridgehead atoms. The van der Waals surface area contributed by atoms with Crippen LogP contribution in [0, 0.1) is 5.92 Å². The van der Waals surface area contributed by atoms with Crippen LogP contribution in [0.2, 0.25) is 0 Å². The van der Waals surface area contributed by atoms with Gasteiger partial charge >= 0.3 is 0 Å². The van der Waals surface area contributed by atoms with Crippen molar-refractivity contribution in [3.8, 4) is 22.8 Å². The Morgan fingerprint density at radius 2 is 1.80 bits per heavy atom. The molecule has 0 saturated heterocycles. The molecule has 2 heterocycles. The number of hydrogen-bond acceptors (Lipinski definition) is 6. The van der Waals surface area contributed by atoms with Gasteiger partial charge in [0.15, 0.2) is 11.0 Å². The van der Waals surface area contributed by atoms with Crippen molar-refractivity contribution in [3.05, 3.63) is 48.8 Å². The molecule has 30 heavy (non-hydrogen) atoms. The molecule has 158 valence electrons. The lowest BCUT2D eigenvalue weighted by Gasteiger charge is -2.17. The Bertz CT molecular complexity index is 957. The van der Waals surface area contributed by atoms with E-state index in [0.717, 1.165) is 17.0 Å². The van der Waals surface area contributed by atoms with E-state index in [1.54, 1.807) is 12.4 Å². The first-order valence-electron chi connectivity index (χ1n) is 10.0. The van der Waals surface area contributed by atoms with Gasteiger partial charge in [-0.1, -0.05) is 25.6 Å². The fourth-order valence-corrected chi connectivity index (χ4v) is 3.50. The summed E-state index contributed by atoms with van der Waals surface area (Å²) in [6.45, 7) is 8.74. The van der Waals surface area contributed by atoms with Crippen LogP contribution in [0.4, 0.5) is 0 Å². The van der Waals surface area contributed by atoms with E-state index in [2.05, 4.69) is 34.3 Å². The van der Waals surface area contributed by atoms with Crippen LogP contribution in [0.1, 0.15) is 27.7 Å². The Morgan fingerprint density at radius 3 is 2.43 bits per heavy atom. The smallest absolute Gasteiger partial charge is 0.230 e. The largest absolute Gasteiger partial charge is 0.494 e. The standard InChI is InChI=1S/C22H27N5O2S/c1-5-29-19-8-6-18(7-9-19)27-21(17-10-12-23-13-11-17)25-26-22(27)30-14-20(28)24-16(4)15(2)3/h6-13,15-16H,5,14H2,1-4H3,(H,24,28). The number of ether oxygens (including phenoxy) is 1. The normalized spacial score (nSPS) is 12.0. The van der Waals surface area contributed by atoms with Gasteiger partial charge in [-0.25, -0.2) is 0 Å². The van der Waals surface area contributed by atoms with Crippen LogP contribution in [0.3, 0.4) is 0 Å². The highest BCUT2D eigenvalue weighted by molar-refractivity contribution is 7.99. The molecule has 3 rings (SSSR count). The molecule has 0 aliphatic rings. The highest BCUT2D eigenvalue weighted by Crippen LogP contribution is 2.28. The van der Waals surface area contributed by atoms with E-state index in [1.807, 2.05) is 54.8 Å². The van der Waals surface area contributed by atoms with Crippen molar-refractivity contribution < 1.29 is 9.53 Å². The molecule has 0 spiro atoms. The minimum Gasteiger partial charge on any atom is -0.494 e. The van der Waals surface area contributed by atoms with E-state index in [9.17, 15) is 4.79 Å². The van der Waals surface area contributed by atoms with Crippen LogP contribution in [0.25, 0.3) is 17.1 Å². The van der Waals surface area contributed by atoms with Crippen molar-refractivity contribution in [2.45, 2.75) is 38.9 Å². The fraction of sp³-hybridized carbons (Fsp3) is 0.364. The SMILES string of the molecule is CCOc1ccc(-n2c(SCC(=O)NC(C)C(C)C)nnc2-c2ccncc2)cc1. The van der Waals surface area contributed by atoms with E-state index in [-0.39, 0.29) is 17.7 Å². The predicted octanol–water partition coefficient (Wildman–Crippen LogP) is 3.98. The Morgan fingerprint density at radius 1 is 1.10 bits per heavy atom. The van der Waals surface area contributed by atoms with Gasteiger partial charge in [0.2, 0.25) is 5.91 Å². The number of benzene rings is 1. The summed E-state index contributed by atoms with van der Waals surface area (Å²) in [6, 6.07) is 11.7.